The number of hydrogen-bond donors (Lipinski definition) is 2. The molecule has 3 aromatic carbocycles. The summed E-state index contributed by atoms with van der Waals surface area (Å²) >= 11 is 0. The maximum Gasteiger partial charge on any atom is 0.259 e. The number of aromatic hydroxyl groups is 1. The second-order valence-electron chi connectivity index (χ2n) is 9.23. The van der Waals surface area contributed by atoms with Gasteiger partial charge < -0.3 is 24.1 Å². The molecule has 6 aromatic rings. The Morgan fingerprint density at radius 2 is 1.93 bits per heavy atom. The summed E-state index contributed by atoms with van der Waals surface area (Å²) in [6.07, 6.45) is 0. The molecule has 3 heterocycles. The molecule has 0 saturated heterocycles. The first-order valence-electron chi connectivity index (χ1n) is 13.0. The molecule has 0 saturated carbocycles. The van der Waals surface area contributed by atoms with Gasteiger partial charge in [0.05, 0.1) is 29.7 Å². The van der Waals surface area contributed by atoms with E-state index in [-0.39, 0.29) is 22.7 Å². The molecule has 11 nitrogen and oxygen atoms in total. The first kappa shape index (κ1) is 25.3. The molecule has 40 heavy (non-hydrogen) atoms. The predicted octanol–water partition coefficient (Wildman–Crippen LogP) is 3.90. The zero-order valence-electron chi connectivity index (χ0n) is 21.8. The molecular formula is C29H27N7O4. The first-order valence-corrected chi connectivity index (χ1v) is 13.0. The summed E-state index contributed by atoms with van der Waals surface area (Å²) < 4.78 is 13.8. The van der Waals surface area contributed by atoms with Crippen LogP contribution in [0.5, 0.6) is 11.5 Å². The van der Waals surface area contributed by atoms with Gasteiger partial charge >= 0.3 is 0 Å². The third kappa shape index (κ3) is 5.27. The minimum Gasteiger partial charge on any atom is -0.508 e. The Morgan fingerprint density at radius 3 is 2.83 bits per heavy atom. The summed E-state index contributed by atoms with van der Waals surface area (Å²) in [5.41, 5.74) is 3.42. The largest absolute Gasteiger partial charge is 0.508 e. The van der Waals surface area contributed by atoms with Crippen LogP contribution in [0.3, 0.4) is 0 Å². The number of aromatic nitrogens is 7. The van der Waals surface area contributed by atoms with Gasteiger partial charge in [0.2, 0.25) is 5.82 Å². The summed E-state index contributed by atoms with van der Waals surface area (Å²) in [6, 6.07) is 22.0. The van der Waals surface area contributed by atoms with E-state index in [0.717, 1.165) is 22.4 Å². The lowest BCUT2D eigenvalue weighted by Gasteiger charge is -2.11. The average molecular weight is 538 g/mol. The number of ether oxygens (including phenoxy) is 2. The van der Waals surface area contributed by atoms with Crippen LogP contribution in [0, 0.1) is 0 Å². The number of imidazole rings is 1. The smallest absolute Gasteiger partial charge is 0.259 e. The SMILES string of the molecule is CCOCCn1c(COc2cccc(Cn3nnc(-c4cc5cc(O)ccc5[nH]c4=O)n3)c2)nc2ccccc21. The Balaban J connectivity index is 1.17. The number of benzene rings is 3. The average Bonchev–Trinajstić information content (AvgIpc) is 3.56. The molecule has 0 radical (unpaired) electrons. The summed E-state index contributed by atoms with van der Waals surface area (Å²) in [6.45, 7) is 4.57. The van der Waals surface area contributed by atoms with E-state index in [0.29, 0.717) is 49.6 Å². The first-order chi connectivity index (χ1) is 19.6. The highest BCUT2D eigenvalue weighted by Crippen LogP contribution is 2.22. The van der Waals surface area contributed by atoms with Crippen molar-refractivity contribution in [1.82, 2.24) is 34.7 Å². The third-order valence-electron chi connectivity index (χ3n) is 6.51. The Hall–Kier alpha value is -5.03. The van der Waals surface area contributed by atoms with Gasteiger partial charge in [-0.25, -0.2) is 4.98 Å². The molecule has 0 unspecified atom stereocenters. The van der Waals surface area contributed by atoms with Crippen LogP contribution < -0.4 is 10.3 Å². The number of phenolic OH excluding ortho intramolecular Hbond substituents is 1. The molecule has 0 aliphatic rings. The minimum absolute atomic E-state index is 0.104. The van der Waals surface area contributed by atoms with Crippen molar-refractivity contribution < 1.29 is 14.6 Å². The van der Waals surface area contributed by atoms with E-state index >= 15 is 0 Å². The lowest BCUT2D eigenvalue weighted by molar-refractivity contribution is 0.138. The van der Waals surface area contributed by atoms with Crippen molar-refractivity contribution in [2.45, 2.75) is 26.6 Å². The number of nitrogens with one attached hydrogen (secondary N) is 1. The fourth-order valence-electron chi connectivity index (χ4n) is 4.61. The molecule has 0 atom stereocenters. The lowest BCUT2D eigenvalue weighted by Crippen LogP contribution is -2.11. The second kappa shape index (κ2) is 11.0. The summed E-state index contributed by atoms with van der Waals surface area (Å²) in [5, 5.41) is 23.1. The highest BCUT2D eigenvalue weighted by Gasteiger charge is 2.14. The normalized spacial score (nSPS) is 11.4. The third-order valence-corrected chi connectivity index (χ3v) is 6.51. The molecule has 3 aromatic heterocycles. The maximum absolute atomic E-state index is 12.6. The lowest BCUT2D eigenvalue weighted by atomic mass is 10.1. The minimum atomic E-state index is -0.333. The Kier molecular flexibility index (Phi) is 6.94. The monoisotopic (exact) mass is 537 g/mol. The molecule has 2 N–H and O–H groups in total. The molecular weight excluding hydrogens is 510 g/mol. The van der Waals surface area contributed by atoms with Crippen molar-refractivity contribution in [2.75, 3.05) is 13.2 Å². The predicted molar refractivity (Wildman–Crippen MR) is 149 cm³/mol. The molecule has 0 aliphatic carbocycles. The number of pyridine rings is 1. The zero-order chi connectivity index (χ0) is 27.5. The second-order valence-corrected chi connectivity index (χ2v) is 9.23. The number of H-pyrrole nitrogens is 1. The molecule has 0 spiro atoms. The highest BCUT2D eigenvalue weighted by atomic mass is 16.5. The van der Waals surface area contributed by atoms with E-state index in [4.69, 9.17) is 14.5 Å². The van der Waals surface area contributed by atoms with Crippen LogP contribution in [-0.4, -0.2) is 53.1 Å². The van der Waals surface area contributed by atoms with Crippen molar-refractivity contribution in [3.63, 3.8) is 0 Å². The zero-order valence-corrected chi connectivity index (χ0v) is 21.8. The van der Waals surface area contributed by atoms with E-state index in [1.807, 2.05) is 55.5 Å². The van der Waals surface area contributed by atoms with Gasteiger partial charge in [-0.05, 0) is 66.2 Å². The molecule has 0 amide bonds. The molecule has 6 rings (SSSR count). The standard InChI is InChI=1S/C29H27N7O4/c1-2-39-13-12-35-26-9-4-3-8-25(26)30-27(35)18-40-22-7-5-6-19(14-22)17-36-33-28(32-34-36)23-16-20-15-21(37)10-11-24(20)31-29(23)38/h3-11,14-16,37H,2,12-13,17-18H2,1H3,(H,31,38). The van der Waals surface area contributed by atoms with Crippen LogP contribution in [0.2, 0.25) is 0 Å². The van der Waals surface area contributed by atoms with Crippen molar-refractivity contribution in [3.8, 4) is 22.9 Å². The van der Waals surface area contributed by atoms with E-state index in [9.17, 15) is 9.90 Å². The van der Waals surface area contributed by atoms with Crippen molar-refractivity contribution in [1.29, 1.82) is 0 Å². The Bertz CT molecular complexity index is 1860. The fraction of sp³-hybridized carbons (Fsp3) is 0.207. The van der Waals surface area contributed by atoms with Crippen molar-refractivity contribution >= 4 is 21.9 Å². The Morgan fingerprint density at radius 1 is 1.02 bits per heavy atom. The summed E-state index contributed by atoms with van der Waals surface area (Å²) in [4.78, 5) is 21.6. The topological polar surface area (TPSA) is 133 Å². The van der Waals surface area contributed by atoms with Gasteiger partial charge in [0, 0.05) is 24.1 Å². The van der Waals surface area contributed by atoms with Gasteiger partial charge in [0.25, 0.3) is 5.56 Å². The number of tetrazole rings is 1. The molecule has 0 aliphatic heterocycles. The summed E-state index contributed by atoms with van der Waals surface area (Å²) in [5.74, 6) is 1.81. The van der Waals surface area contributed by atoms with Crippen LogP contribution >= 0.6 is 0 Å². The highest BCUT2D eigenvalue weighted by molar-refractivity contribution is 5.83. The van der Waals surface area contributed by atoms with Crippen molar-refractivity contribution in [2.24, 2.45) is 0 Å². The number of hydrogen-bond acceptors (Lipinski definition) is 8. The number of aromatic amines is 1. The van der Waals surface area contributed by atoms with Gasteiger partial charge in [-0.3, -0.25) is 4.79 Å². The van der Waals surface area contributed by atoms with E-state index in [1.165, 1.54) is 10.9 Å². The van der Waals surface area contributed by atoms with E-state index < -0.39 is 0 Å². The maximum atomic E-state index is 12.6. The van der Waals surface area contributed by atoms with Crippen LogP contribution in [0.25, 0.3) is 33.3 Å². The van der Waals surface area contributed by atoms with E-state index in [2.05, 4.69) is 25.0 Å². The quantitative estimate of drug-likeness (QED) is 0.252. The van der Waals surface area contributed by atoms with Crippen LogP contribution in [0.1, 0.15) is 18.3 Å². The van der Waals surface area contributed by atoms with Gasteiger partial charge in [-0.15, -0.1) is 10.2 Å². The summed E-state index contributed by atoms with van der Waals surface area (Å²) in [7, 11) is 0. The van der Waals surface area contributed by atoms with Gasteiger partial charge in [0.15, 0.2) is 0 Å². The van der Waals surface area contributed by atoms with Crippen LogP contribution in [0.4, 0.5) is 0 Å². The number of nitrogens with zero attached hydrogens (tertiary/aromatic N) is 6. The Labute approximate surface area is 228 Å². The molecule has 0 fully saturated rings. The van der Waals surface area contributed by atoms with Gasteiger partial charge in [0.1, 0.15) is 23.9 Å². The molecule has 202 valence electrons. The molecule has 0 bridgehead atoms. The number of fused-ring (bicyclic) bond motifs is 2. The van der Waals surface area contributed by atoms with Crippen molar-refractivity contribution in [3.05, 3.63) is 94.5 Å². The molecule has 11 heteroatoms. The number of para-hydroxylation sites is 2. The van der Waals surface area contributed by atoms with E-state index in [1.54, 1.807) is 18.2 Å². The number of phenols is 1. The number of rotatable bonds is 10. The van der Waals surface area contributed by atoms with Gasteiger partial charge in [-0.1, -0.05) is 24.3 Å². The van der Waals surface area contributed by atoms with Crippen LogP contribution in [-0.2, 0) is 24.4 Å². The fourth-order valence-corrected chi connectivity index (χ4v) is 4.61. The van der Waals surface area contributed by atoms with Gasteiger partial charge in [-0.2, -0.15) is 4.80 Å². The van der Waals surface area contributed by atoms with Crippen LogP contribution in [0.15, 0.2) is 77.6 Å².